The number of nitrogens with two attached hydrogens (primary N) is 1. The van der Waals surface area contributed by atoms with Crippen molar-refractivity contribution in [2.45, 2.75) is 6.54 Å². The van der Waals surface area contributed by atoms with Crippen LogP contribution in [0.3, 0.4) is 0 Å². The van der Waals surface area contributed by atoms with Gasteiger partial charge in [-0.15, -0.1) is 0 Å². The summed E-state index contributed by atoms with van der Waals surface area (Å²) in [6.45, 7) is 0.0164. The summed E-state index contributed by atoms with van der Waals surface area (Å²) in [4.78, 5) is 24.1. The summed E-state index contributed by atoms with van der Waals surface area (Å²) < 4.78 is 4.82. The van der Waals surface area contributed by atoms with Crippen LogP contribution in [0.4, 0.5) is 5.69 Å². The van der Waals surface area contributed by atoms with Gasteiger partial charge in [0.15, 0.2) is 0 Å². The third-order valence-corrected chi connectivity index (χ3v) is 2.72. The molecule has 2 N–H and O–H groups in total. The highest BCUT2D eigenvalue weighted by atomic mass is 35.5. The van der Waals surface area contributed by atoms with Crippen LogP contribution in [0, 0.1) is 0 Å². The molecule has 17 heavy (non-hydrogen) atoms. The van der Waals surface area contributed by atoms with Gasteiger partial charge in [-0.2, -0.15) is 0 Å². The molecule has 0 atom stereocenters. The van der Waals surface area contributed by atoms with Crippen LogP contribution in [0.2, 0.25) is 5.02 Å². The van der Waals surface area contributed by atoms with E-state index in [0.29, 0.717) is 16.3 Å². The summed E-state index contributed by atoms with van der Waals surface area (Å²) in [6, 6.07) is 4.96. The molecule has 0 radical (unpaired) electrons. The molecule has 2 rings (SSSR count). The van der Waals surface area contributed by atoms with Crippen LogP contribution in [0.25, 0.3) is 0 Å². The molecule has 0 saturated carbocycles. The fraction of sp³-hybridized carbons (Fsp3) is 0.273. The van der Waals surface area contributed by atoms with Gasteiger partial charge in [-0.05, 0) is 17.7 Å². The van der Waals surface area contributed by atoms with Crippen LogP contribution in [-0.4, -0.2) is 29.9 Å². The number of imide groups is 1. The first kappa shape index (κ1) is 11.9. The number of nitrogens with zero attached hydrogens (tertiary/aromatic N) is 1. The zero-order valence-electron chi connectivity index (χ0n) is 8.98. The molecule has 1 saturated heterocycles. The molecular formula is C11H11ClN2O3. The fourth-order valence-electron chi connectivity index (χ4n) is 1.58. The highest BCUT2D eigenvalue weighted by Crippen LogP contribution is 2.20. The molecule has 90 valence electrons. The zero-order chi connectivity index (χ0) is 12.4. The number of nitrogen functional groups attached to an aromatic ring is 1. The molecule has 1 fully saturated rings. The number of halogens is 1. The van der Waals surface area contributed by atoms with Gasteiger partial charge in [0, 0.05) is 10.7 Å². The lowest BCUT2D eigenvalue weighted by Crippen LogP contribution is -2.45. The predicted molar refractivity (Wildman–Crippen MR) is 62.2 cm³/mol. The molecule has 0 spiro atoms. The summed E-state index contributed by atoms with van der Waals surface area (Å²) in [6.07, 6.45) is 0. The monoisotopic (exact) mass is 254 g/mol. The van der Waals surface area contributed by atoms with Crippen molar-refractivity contribution < 1.29 is 14.3 Å². The third kappa shape index (κ3) is 2.57. The second-order valence-electron chi connectivity index (χ2n) is 3.71. The Kier molecular flexibility index (Phi) is 3.31. The minimum atomic E-state index is -0.351. The van der Waals surface area contributed by atoms with E-state index in [-0.39, 0.29) is 31.6 Å². The van der Waals surface area contributed by atoms with Crippen molar-refractivity contribution >= 4 is 29.1 Å². The van der Waals surface area contributed by atoms with Crippen LogP contribution in [-0.2, 0) is 20.9 Å². The van der Waals surface area contributed by atoms with E-state index >= 15 is 0 Å². The Labute approximate surface area is 103 Å². The number of morpholine rings is 1. The minimum absolute atomic E-state index is 0.0702. The van der Waals surface area contributed by atoms with Crippen LogP contribution < -0.4 is 5.73 Å². The minimum Gasteiger partial charge on any atom is -0.398 e. The average Bonchev–Trinajstić information content (AvgIpc) is 2.26. The van der Waals surface area contributed by atoms with Crippen molar-refractivity contribution in [2.75, 3.05) is 18.9 Å². The highest BCUT2D eigenvalue weighted by Gasteiger charge is 2.26. The summed E-state index contributed by atoms with van der Waals surface area (Å²) in [7, 11) is 0. The second-order valence-corrected chi connectivity index (χ2v) is 4.15. The molecule has 0 unspecified atom stereocenters. The quantitative estimate of drug-likeness (QED) is 0.626. The summed E-state index contributed by atoms with van der Waals surface area (Å²) in [5.74, 6) is -0.703. The summed E-state index contributed by atoms with van der Waals surface area (Å²) >= 11 is 5.77. The SMILES string of the molecule is Nc1cc(Cl)ccc1CN1C(=O)COCC1=O. The van der Waals surface area contributed by atoms with Crippen molar-refractivity contribution in [1.82, 2.24) is 4.90 Å². The maximum Gasteiger partial charge on any atom is 0.255 e. The van der Waals surface area contributed by atoms with E-state index in [1.807, 2.05) is 0 Å². The smallest absolute Gasteiger partial charge is 0.255 e. The number of anilines is 1. The Hall–Kier alpha value is -1.59. The Bertz CT molecular complexity index is 460. The number of hydrogen-bond donors (Lipinski definition) is 1. The number of benzene rings is 1. The van der Waals surface area contributed by atoms with Crippen LogP contribution in [0.15, 0.2) is 18.2 Å². The molecule has 0 aliphatic carbocycles. The molecule has 2 amide bonds. The van der Waals surface area contributed by atoms with Crippen LogP contribution >= 0.6 is 11.6 Å². The van der Waals surface area contributed by atoms with Crippen LogP contribution in [0.5, 0.6) is 0 Å². The van der Waals surface area contributed by atoms with Gasteiger partial charge in [-0.3, -0.25) is 14.5 Å². The van der Waals surface area contributed by atoms with E-state index in [0.717, 1.165) is 4.90 Å². The topological polar surface area (TPSA) is 72.6 Å². The maximum absolute atomic E-state index is 11.5. The lowest BCUT2D eigenvalue weighted by Gasteiger charge is -2.25. The van der Waals surface area contributed by atoms with Crippen LogP contribution in [0.1, 0.15) is 5.56 Å². The van der Waals surface area contributed by atoms with Gasteiger partial charge in [0.1, 0.15) is 13.2 Å². The van der Waals surface area contributed by atoms with E-state index < -0.39 is 0 Å². The van der Waals surface area contributed by atoms with Gasteiger partial charge in [0.25, 0.3) is 11.8 Å². The molecular weight excluding hydrogens is 244 g/mol. The Balaban J connectivity index is 2.19. The van der Waals surface area contributed by atoms with Gasteiger partial charge in [0.05, 0.1) is 6.54 Å². The molecule has 0 bridgehead atoms. The first-order valence-electron chi connectivity index (χ1n) is 5.03. The van der Waals surface area contributed by atoms with Gasteiger partial charge in [0.2, 0.25) is 0 Å². The zero-order valence-corrected chi connectivity index (χ0v) is 9.74. The van der Waals surface area contributed by atoms with Gasteiger partial charge < -0.3 is 10.5 Å². The number of amides is 2. The predicted octanol–water partition coefficient (Wildman–Crippen LogP) is 0.808. The van der Waals surface area contributed by atoms with E-state index in [1.54, 1.807) is 18.2 Å². The normalized spacial score (nSPS) is 16.4. The standard InChI is InChI=1S/C11H11ClN2O3/c12-8-2-1-7(9(13)3-8)4-14-10(15)5-17-6-11(14)16/h1-3H,4-6,13H2. The average molecular weight is 255 g/mol. The van der Waals surface area contributed by atoms with E-state index in [4.69, 9.17) is 22.1 Å². The van der Waals surface area contributed by atoms with Gasteiger partial charge in [-0.25, -0.2) is 0 Å². The number of carbonyl (C=O) groups is 2. The molecule has 1 aliphatic heterocycles. The van der Waals surface area contributed by atoms with Crippen molar-refractivity contribution in [1.29, 1.82) is 0 Å². The third-order valence-electron chi connectivity index (χ3n) is 2.49. The summed E-state index contributed by atoms with van der Waals surface area (Å²) in [5.41, 5.74) is 6.92. The van der Waals surface area contributed by atoms with E-state index in [9.17, 15) is 9.59 Å². The van der Waals surface area contributed by atoms with Crippen molar-refractivity contribution in [3.8, 4) is 0 Å². The molecule has 1 aromatic carbocycles. The van der Waals surface area contributed by atoms with Gasteiger partial charge >= 0.3 is 0 Å². The molecule has 1 aliphatic rings. The first-order valence-corrected chi connectivity index (χ1v) is 5.40. The highest BCUT2D eigenvalue weighted by molar-refractivity contribution is 6.30. The molecule has 5 nitrogen and oxygen atoms in total. The van der Waals surface area contributed by atoms with E-state index in [1.165, 1.54) is 0 Å². The van der Waals surface area contributed by atoms with Gasteiger partial charge in [-0.1, -0.05) is 17.7 Å². The second kappa shape index (κ2) is 4.73. The molecule has 6 heteroatoms. The lowest BCUT2D eigenvalue weighted by atomic mass is 10.1. The number of rotatable bonds is 2. The Morgan fingerprint density at radius 1 is 1.29 bits per heavy atom. The molecule has 1 heterocycles. The Morgan fingerprint density at radius 3 is 2.53 bits per heavy atom. The molecule has 1 aromatic rings. The van der Waals surface area contributed by atoms with Crippen molar-refractivity contribution in [3.05, 3.63) is 28.8 Å². The van der Waals surface area contributed by atoms with Crippen molar-refractivity contribution in [2.24, 2.45) is 0 Å². The lowest BCUT2D eigenvalue weighted by molar-refractivity contribution is -0.159. The number of carbonyl (C=O) groups excluding carboxylic acids is 2. The maximum atomic E-state index is 11.5. The number of ether oxygens (including phenoxy) is 1. The first-order chi connectivity index (χ1) is 8.08. The Morgan fingerprint density at radius 2 is 1.94 bits per heavy atom. The largest absolute Gasteiger partial charge is 0.398 e. The number of hydrogen-bond acceptors (Lipinski definition) is 4. The van der Waals surface area contributed by atoms with E-state index in [2.05, 4.69) is 0 Å². The molecule has 0 aromatic heterocycles. The van der Waals surface area contributed by atoms with Crippen molar-refractivity contribution in [3.63, 3.8) is 0 Å². The summed E-state index contributed by atoms with van der Waals surface area (Å²) in [5, 5.41) is 0.519. The fourth-order valence-corrected chi connectivity index (χ4v) is 1.76.